The van der Waals surface area contributed by atoms with E-state index in [1.165, 1.54) is 13.2 Å². The summed E-state index contributed by atoms with van der Waals surface area (Å²) in [5.41, 5.74) is 0.838. The Morgan fingerprint density at radius 1 is 1.50 bits per heavy atom. The van der Waals surface area contributed by atoms with Gasteiger partial charge in [0.15, 0.2) is 11.6 Å². The quantitative estimate of drug-likeness (QED) is 0.777. The monoisotopic (exact) mass is 227 g/mol. The van der Waals surface area contributed by atoms with Crippen LogP contribution in [-0.4, -0.2) is 24.9 Å². The van der Waals surface area contributed by atoms with Gasteiger partial charge in [0.25, 0.3) is 0 Å². The predicted octanol–water partition coefficient (Wildman–Crippen LogP) is 1.69. The molecule has 16 heavy (non-hydrogen) atoms. The molecule has 0 aliphatic heterocycles. The summed E-state index contributed by atoms with van der Waals surface area (Å²) in [6, 6.07) is 4.91. The zero-order chi connectivity index (χ0) is 12.0. The van der Waals surface area contributed by atoms with E-state index in [1.807, 2.05) is 6.92 Å². The summed E-state index contributed by atoms with van der Waals surface area (Å²) in [4.78, 5) is 0. The van der Waals surface area contributed by atoms with Gasteiger partial charge in [0.1, 0.15) is 0 Å². The first-order valence-corrected chi connectivity index (χ1v) is 5.38. The van der Waals surface area contributed by atoms with E-state index in [4.69, 9.17) is 9.84 Å². The Morgan fingerprint density at radius 2 is 2.25 bits per heavy atom. The Hall–Kier alpha value is -1.13. The van der Waals surface area contributed by atoms with Gasteiger partial charge in [0.05, 0.1) is 13.7 Å². The lowest BCUT2D eigenvalue weighted by Crippen LogP contribution is -2.31. The van der Waals surface area contributed by atoms with Crippen molar-refractivity contribution in [1.82, 2.24) is 5.32 Å². The number of benzene rings is 1. The summed E-state index contributed by atoms with van der Waals surface area (Å²) in [7, 11) is 1.44. The van der Waals surface area contributed by atoms with Crippen molar-refractivity contribution in [1.29, 1.82) is 0 Å². The van der Waals surface area contributed by atoms with Crippen LogP contribution in [0.5, 0.6) is 5.75 Å². The van der Waals surface area contributed by atoms with E-state index in [0.717, 1.165) is 12.0 Å². The molecule has 0 bridgehead atoms. The van der Waals surface area contributed by atoms with Crippen molar-refractivity contribution in [3.63, 3.8) is 0 Å². The van der Waals surface area contributed by atoms with Gasteiger partial charge in [-0.3, -0.25) is 0 Å². The zero-order valence-electron chi connectivity index (χ0n) is 9.66. The van der Waals surface area contributed by atoms with Crippen molar-refractivity contribution < 1.29 is 14.2 Å². The molecule has 0 aromatic heterocycles. The van der Waals surface area contributed by atoms with Gasteiger partial charge in [-0.2, -0.15) is 0 Å². The van der Waals surface area contributed by atoms with Gasteiger partial charge in [-0.15, -0.1) is 0 Å². The molecule has 1 aromatic carbocycles. The van der Waals surface area contributed by atoms with Crippen molar-refractivity contribution in [2.75, 3.05) is 13.7 Å². The van der Waals surface area contributed by atoms with E-state index in [2.05, 4.69) is 5.32 Å². The van der Waals surface area contributed by atoms with Crippen molar-refractivity contribution in [3.8, 4) is 5.75 Å². The summed E-state index contributed by atoms with van der Waals surface area (Å²) in [5.74, 6) is -0.114. The highest BCUT2D eigenvalue weighted by Crippen LogP contribution is 2.17. The van der Waals surface area contributed by atoms with Gasteiger partial charge in [0.2, 0.25) is 0 Å². The molecule has 1 atom stereocenters. The van der Waals surface area contributed by atoms with Gasteiger partial charge < -0.3 is 15.2 Å². The number of aliphatic hydroxyl groups excluding tert-OH is 1. The van der Waals surface area contributed by atoms with Gasteiger partial charge >= 0.3 is 0 Å². The average molecular weight is 227 g/mol. The number of aliphatic hydroxyl groups is 1. The number of ether oxygens (including phenoxy) is 1. The third kappa shape index (κ3) is 3.47. The highest BCUT2D eigenvalue weighted by molar-refractivity contribution is 5.29. The third-order valence-electron chi connectivity index (χ3n) is 2.52. The number of hydrogen-bond donors (Lipinski definition) is 2. The molecular formula is C12H18FNO2. The smallest absolute Gasteiger partial charge is 0.165 e. The van der Waals surface area contributed by atoms with Crippen LogP contribution in [0.4, 0.5) is 4.39 Å². The Morgan fingerprint density at radius 3 is 2.75 bits per heavy atom. The molecule has 90 valence electrons. The molecule has 0 heterocycles. The van der Waals surface area contributed by atoms with Crippen molar-refractivity contribution in [3.05, 3.63) is 29.6 Å². The number of methoxy groups -OCH3 is 1. The van der Waals surface area contributed by atoms with E-state index in [9.17, 15) is 4.39 Å². The summed E-state index contributed by atoms with van der Waals surface area (Å²) in [5, 5.41) is 12.1. The second kappa shape index (κ2) is 6.45. The van der Waals surface area contributed by atoms with Crippen LogP contribution in [0.2, 0.25) is 0 Å². The van der Waals surface area contributed by atoms with Crippen LogP contribution < -0.4 is 10.1 Å². The first-order chi connectivity index (χ1) is 7.71. The maximum atomic E-state index is 13.3. The van der Waals surface area contributed by atoms with E-state index in [-0.39, 0.29) is 24.2 Å². The fourth-order valence-corrected chi connectivity index (χ4v) is 1.42. The van der Waals surface area contributed by atoms with Crippen LogP contribution in [-0.2, 0) is 6.54 Å². The SMILES string of the molecule is CC[C@@H](CO)NCc1ccc(OC)c(F)c1. The van der Waals surface area contributed by atoms with Crippen LogP contribution in [0.3, 0.4) is 0 Å². The molecule has 3 nitrogen and oxygen atoms in total. The predicted molar refractivity (Wildman–Crippen MR) is 61.0 cm³/mol. The Balaban J connectivity index is 2.58. The second-order valence-corrected chi connectivity index (χ2v) is 3.64. The third-order valence-corrected chi connectivity index (χ3v) is 2.52. The van der Waals surface area contributed by atoms with Gasteiger partial charge in [-0.1, -0.05) is 13.0 Å². The standard InChI is InChI=1S/C12H18FNO2/c1-3-10(8-15)14-7-9-4-5-12(16-2)11(13)6-9/h4-6,10,14-15H,3,7-8H2,1-2H3/t10-/m0/s1. The molecule has 0 aliphatic carbocycles. The molecule has 1 aromatic rings. The molecule has 0 amide bonds. The lowest BCUT2D eigenvalue weighted by atomic mass is 10.2. The lowest BCUT2D eigenvalue weighted by molar-refractivity contribution is 0.238. The fraction of sp³-hybridized carbons (Fsp3) is 0.500. The van der Waals surface area contributed by atoms with Crippen molar-refractivity contribution in [2.24, 2.45) is 0 Å². The summed E-state index contributed by atoms with van der Waals surface area (Å²) < 4.78 is 18.2. The van der Waals surface area contributed by atoms with E-state index in [1.54, 1.807) is 12.1 Å². The van der Waals surface area contributed by atoms with Crippen LogP contribution >= 0.6 is 0 Å². The second-order valence-electron chi connectivity index (χ2n) is 3.64. The molecular weight excluding hydrogens is 209 g/mol. The van der Waals surface area contributed by atoms with Gasteiger partial charge in [-0.25, -0.2) is 4.39 Å². The van der Waals surface area contributed by atoms with Gasteiger partial charge in [0, 0.05) is 12.6 Å². The summed E-state index contributed by atoms with van der Waals surface area (Å²) in [6.45, 7) is 2.62. The lowest BCUT2D eigenvalue weighted by Gasteiger charge is -2.14. The van der Waals surface area contributed by atoms with E-state index >= 15 is 0 Å². The average Bonchev–Trinajstić information content (AvgIpc) is 2.30. The minimum Gasteiger partial charge on any atom is -0.494 e. The molecule has 0 unspecified atom stereocenters. The number of hydrogen-bond acceptors (Lipinski definition) is 3. The minimum absolute atomic E-state index is 0.0603. The molecule has 4 heteroatoms. The van der Waals surface area contributed by atoms with Crippen LogP contribution in [0, 0.1) is 5.82 Å². The Labute approximate surface area is 95.2 Å². The molecule has 0 saturated heterocycles. The van der Waals surface area contributed by atoms with Crippen molar-refractivity contribution in [2.45, 2.75) is 25.9 Å². The van der Waals surface area contributed by atoms with E-state index in [0.29, 0.717) is 6.54 Å². The zero-order valence-corrected chi connectivity index (χ0v) is 9.66. The maximum absolute atomic E-state index is 13.3. The first-order valence-electron chi connectivity index (χ1n) is 5.38. The molecule has 1 rings (SSSR count). The molecule has 0 spiro atoms. The van der Waals surface area contributed by atoms with Crippen molar-refractivity contribution >= 4 is 0 Å². The maximum Gasteiger partial charge on any atom is 0.165 e. The number of nitrogens with one attached hydrogen (secondary N) is 1. The Bertz CT molecular complexity index is 327. The first kappa shape index (κ1) is 12.9. The highest BCUT2D eigenvalue weighted by atomic mass is 19.1. The minimum atomic E-state index is -0.362. The van der Waals surface area contributed by atoms with Crippen LogP contribution in [0.25, 0.3) is 0 Å². The molecule has 0 radical (unpaired) electrons. The van der Waals surface area contributed by atoms with Crippen LogP contribution in [0.1, 0.15) is 18.9 Å². The van der Waals surface area contributed by atoms with Gasteiger partial charge in [-0.05, 0) is 24.1 Å². The largest absolute Gasteiger partial charge is 0.494 e. The highest BCUT2D eigenvalue weighted by Gasteiger charge is 2.06. The normalized spacial score (nSPS) is 12.5. The molecule has 0 saturated carbocycles. The van der Waals surface area contributed by atoms with E-state index < -0.39 is 0 Å². The molecule has 0 aliphatic rings. The number of halogens is 1. The summed E-state index contributed by atoms with van der Waals surface area (Å²) in [6.07, 6.45) is 0.842. The fourth-order valence-electron chi connectivity index (χ4n) is 1.42. The molecule has 0 fully saturated rings. The topological polar surface area (TPSA) is 41.5 Å². The van der Waals surface area contributed by atoms with Crippen LogP contribution in [0.15, 0.2) is 18.2 Å². The summed E-state index contributed by atoms with van der Waals surface area (Å²) >= 11 is 0. The number of rotatable bonds is 6. The Kier molecular flexibility index (Phi) is 5.22. The molecule has 2 N–H and O–H groups in total.